The Morgan fingerprint density at radius 2 is 1.71 bits per heavy atom. The third-order valence-corrected chi connectivity index (χ3v) is 4.76. The summed E-state index contributed by atoms with van der Waals surface area (Å²) in [5.74, 6) is -0.579. The van der Waals surface area contributed by atoms with Gasteiger partial charge in [-0.05, 0) is 23.0 Å². The van der Waals surface area contributed by atoms with Crippen molar-refractivity contribution in [3.8, 4) is 0 Å². The molecule has 4 nitrogen and oxygen atoms in total. The summed E-state index contributed by atoms with van der Waals surface area (Å²) >= 11 is 0. The summed E-state index contributed by atoms with van der Waals surface area (Å²) in [6, 6.07) is 1.50. The first kappa shape index (κ1) is 15.6. The second-order valence-electron chi connectivity index (χ2n) is 6.46. The number of hydrogen-bond donors (Lipinski definition) is 2. The molecular formula is C14H17F3N2O2. The Morgan fingerprint density at radius 3 is 2.10 bits per heavy atom. The SMILES string of the molecule is CC1(C)C(NC(=O)c2ccc(C(F)(F)F)c(=O)[nH]2)C1(C)C. The van der Waals surface area contributed by atoms with Crippen molar-refractivity contribution in [1.29, 1.82) is 0 Å². The summed E-state index contributed by atoms with van der Waals surface area (Å²) in [6.07, 6.45) is -4.73. The zero-order valence-corrected chi connectivity index (χ0v) is 12.2. The van der Waals surface area contributed by atoms with E-state index in [4.69, 9.17) is 0 Å². The maximum absolute atomic E-state index is 12.5. The van der Waals surface area contributed by atoms with Crippen LogP contribution >= 0.6 is 0 Å². The molecule has 0 radical (unpaired) electrons. The third-order valence-electron chi connectivity index (χ3n) is 4.76. The van der Waals surface area contributed by atoms with Gasteiger partial charge in [-0.25, -0.2) is 0 Å². The molecule has 2 N–H and O–H groups in total. The van der Waals surface area contributed by atoms with Crippen LogP contribution in [0.2, 0.25) is 0 Å². The quantitative estimate of drug-likeness (QED) is 0.882. The Bertz CT molecular complexity index is 630. The van der Waals surface area contributed by atoms with Crippen LogP contribution in [0, 0.1) is 10.8 Å². The lowest BCUT2D eigenvalue weighted by molar-refractivity contribution is -0.138. The molecule has 1 aromatic heterocycles. The second kappa shape index (κ2) is 4.35. The highest BCUT2D eigenvalue weighted by Gasteiger charge is 2.65. The fraction of sp³-hybridized carbons (Fsp3) is 0.571. The molecule has 1 saturated carbocycles. The van der Waals surface area contributed by atoms with Crippen molar-refractivity contribution >= 4 is 5.91 Å². The fourth-order valence-corrected chi connectivity index (χ4v) is 2.60. The number of alkyl halides is 3. The molecule has 1 aliphatic rings. The maximum atomic E-state index is 12.5. The van der Waals surface area contributed by atoms with E-state index in [9.17, 15) is 22.8 Å². The topological polar surface area (TPSA) is 62.0 Å². The Hall–Kier alpha value is -1.79. The van der Waals surface area contributed by atoms with Gasteiger partial charge in [0.25, 0.3) is 11.5 Å². The highest BCUT2D eigenvalue weighted by atomic mass is 19.4. The molecule has 1 amide bonds. The Morgan fingerprint density at radius 1 is 1.19 bits per heavy atom. The average Bonchev–Trinajstić information content (AvgIpc) is 2.69. The number of aromatic amines is 1. The molecule has 1 aromatic rings. The van der Waals surface area contributed by atoms with E-state index in [0.29, 0.717) is 6.07 Å². The van der Waals surface area contributed by atoms with Crippen LogP contribution in [0.1, 0.15) is 43.7 Å². The monoisotopic (exact) mass is 302 g/mol. The van der Waals surface area contributed by atoms with Crippen molar-refractivity contribution in [2.45, 2.75) is 39.9 Å². The van der Waals surface area contributed by atoms with Gasteiger partial charge in [0.2, 0.25) is 0 Å². The van der Waals surface area contributed by atoms with E-state index in [1.165, 1.54) is 0 Å². The summed E-state index contributed by atoms with van der Waals surface area (Å²) < 4.78 is 37.5. The number of hydrogen-bond acceptors (Lipinski definition) is 2. The molecule has 116 valence electrons. The van der Waals surface area contributed by atoms with E-state index < -0.39 is 23.2 Å². The number of rotatable bonds is 2. The van der Waals surface area contributed by atoms with Gasteiger partial charge in [-0.3, -0.25) is 9.59 Å². The molecule has 0 aromatic carbocycles. The number of H-pyrrole nitrogens is 1. The van der Waals surface area contributed by atoms with Gasteiger partial charge in [0.05, 0.1) is 0 Å². The highest BCUT2D eigenvalue weighted by molar-refractivity contribution is 5.92. The van der Waals surface area contributed by atoms with Gasteiger partial charge in [0, 0.05) is 6.04 Å². The Balaban J connectivity index is 2.19. The lowest BCUT2D eigenvalue weighted by Gasteiger charge is -2.09. The first-order valence-electron chi connectivity index (χ1n) is 6.50. The van der Waals surface area contributed by atoms with Gasteiger partial charge in [-0.2, -0.15) is 13.2 Å². The smallest absolute Gasteiger partial charge is 0.347 e. The van der Waals surface area contributed by atoms with Gasteiger partial charge in [-0.1, -0.05) is 27.7 Å². The van der Waals surface area contributed by atoms with Crippen molar-refractivity contribution in [3.05, 3.63) is 33.7 Å². The van der Waals surface area contributed by atoms with Crippen LogP contribution in [0.5, 0.6) is 0 Å². The van der Waals surface area contributed by atoms with Crippen LogP contribution < -0.4 is 10.9 Å². The third kappa shape index (κ3) is 2.45. The molecule has 0 atom stereocenters. The number of aromatic nitrogens is 1. The van der Waals surface area contributed by atoms with Crippen molar-refractivity contribution in [3.63, 3.8) is 0 Å². The molecule has 0 unspecified atom stereocenters. The minimum absolute atomic E-state index is 0.0942. The average molecular weight is 302 g/mol. The highest BCUT2D eigenvalue weighted by Crippen LogP contribution is 2.62. The van der Waals surface area contributed by atoms with Crippen LogP contribution in [0.25, 0.3) is 0 Å². The minimum Gasteiger partial charge on any atom is -0.347 e. The Labute approximate surface area is 119 Å². The van der Waals surface area contributed by atoms with Crippen LogP contribution in [-0.2, 0) is 6.18 Å². The normalized spacial score (nSPS) is 20.1. The predicted molar refractivity (Wildman–Crippen MR) is 70.9 cm³/mol. The lowest BCUT2D eigenvalue weighted by Crippen LogP contribution is -2.32. The summed E-state index contributed by atoms with van der Waals surface area (Å²) in [6.45, 7) is 7.97. The second-order valence-corrected chi connectivity index (χ2v) is 6.46. The lowest BCUT2D eigenvalue weighted by atomic mass is 10.0. The van der Waals surface area contributed by atoms with Gasteiger partial charge in [0.15, 0.2) is 0 Å². The predicted octanol–water partition coefficient (Wildman–Crippen LogP) is 2.56. The summed E-state index contributed by atoms with van der Waals surface area (Å²) in [5.41, 5.74) is -3.01. The van der Waals surface area contributed by atoms with Crippen LogP contribution in [-0.4, -0.2) is 16.9 Å². The molecule has 0 aliphatic heterocycles. The van der Waals surface area contributed by atoms with E-state index in [2.05, 4.69) is 5.32 Å². The molecule has 0 spiro atoms. The molecule has 0 saturated heterocycles. The van der Waals surface area contributed by atoms with E-state index in [1.807, 2.05) is 32.7 Å². The first-order valence-corrected chi connectivity index (χ1v) is 6.50. The van der Waals surface area contributed by atoms with Gasteiger partial charge >= 0.3 is 6.18 Å². The Kier molecular flexibility index (Phi) is 3.23. The zero-order chi connectivity index (χ0) is 16.2. The van der Waals surface area contributed by atoms with Gasteiger partial charge < -0.3 is 10.3 Å². The molecule has 0 bridgehead atoms. The molecule has 1 heterocycles. The van der Waals surface area contributed by atoms with E-state index in [0.717, 1.165) is 6.07 Å². The van der Waals surface area contributed by atoms with Crippen LogP contribution in [0.15, 0.2) is 16.9 Å². The zero-order valence-electron chi connectivity index (χ0n) is 12.2. The maximum Gasteiger partial charge on any atom is 0.421 e. The fourth-order valence-electron chi connectivity index (χ4n) is 2.60. The molecule has 1 aliphatic carbocycles. The van der Waals surface area contributed by atoms with Crippen LogP contribution in [0.4, 0.5) is 13.2 Å². The number of carbonyl (C=O) groups excluding carboxylic acids is 1. The number of amides is 1. The van der Waals surface area contributed by atoms with Crippen molar-refractivity contribution in [2.75, 3.05) is 0 Å². The number of halogens is 3. The summed E-state index contributed by atoms with van der Waals surface area (Å²) in [5, 5.41) is 2.75. The molecule has 1 fully saturated rings. The molecule has 2 rings (SSSR count). The van der Waals surface area contributed by atoms with E-state index in [-0.39, 0.29) is 22.6 Å². The summed E-state index contributed by atoms with van der Waals surface area (Å²) in [7, 11) is 0. The van der Waals surface area contributed by atoms with E-state index >= 15 is 0 Å². The van der Waals surface area contributed by atoms with Gasteiger partial charge in [0.1, 0.15) is 11.3 Å². The van der Waals surface area contributed by atoms with Gasteiger partial charge in [-0.15, -0.1) is 0 Å². The standard InChI is InChI=1S/C14H17F3N2O2/c1-12(2)11(13(12,3)4)19-10(21)8-6-5-7(9(20)18-8)14(15,16)17/h5-6,11H,1-4H3,(H,18,20)(H,19,21). The summed E-state index contributed by atoms with van der Waals surface area (Å²) in [4.78, 5) is 25.4. The number of pyridine rings is 1. The van der Waals surface area contributed by atoms with E-state index in [1.54, 1.807) is 0 Å². The first-order chi connectivity index (χ1) is 9.39. The minimum atomic E-state index is -4.73. The molecule has 7 heteroatoms. The number of carbonyl (C=O) groups is 1. The number of nitrogens with one attached hydrogen (secondary N) is 2. The largest absolute Gasteiger partial charge is 0.421 e. The van der Waals surface area contributed by atoms with Crippen LogP contribution in [0.3, 0.4) is 0 Å². The van der Waals surface area contributed by atoms with Crippen molar-refractivity contribution in [1.82, 2.24) is 10.3 Å². The molecular weight excluding hydrogens is 285 g/mol. The molecule has 21 heavy (non-hydrogen) atoms. The van der Waals surface area contributed by atoms with Crippen molar-refractivity contribution in [2.24, 2.45) is 10.8 Å². The van der Waals surface area contributed by atoms with Crippen molar-refractivity contribution < 1.29 is 18.0 Å².